The molecule has 2 aromatic carbocycles. The maximum atomic E-state index is 12.9. The second-order valence-corrected chi connectivity index (χ2v) is 7.05. The third-order valence-corrected chi connectivity index (χ3v) is 4.62. The third kappa shape index (κ3) is 6.45. The lowest BCUT2D eigenvalue weighted by Crippen LogP contribution is -2.41. The van der Waals surface area contributed by atoms with Gasteiger partial charge in [0.1, 0.15) is 17.7 Å². The first kappa shape index (κ1) is 21.6. The minimum atomic E-state index is -0.351. The van der Waals surface area contributed by atoms with E-state index in [-0.39, 0.29) is 24.4 Å². The van der Waals surface area contributed by atoms with E-state index in [0.29, 0.717) is 24.8 Å². The molecule has 0 aliphatic carbocycles. The number of amides is 1. The Morgan fingerprint density at radius 1 is 1.23 bits per heavy atom. The first-order valence-electron chi connectivity index (χ1n) is 9.87. The van der Waals surface area contributed by atoms with Gasteiger partial charge < -0.3 is 25.4 Å². The van der Waals surface area contributed by atoms with E-state index in [1.54, 1.807) is 7.05 Å². The molecule has 7 nitrogen and oxygen atoms in total. The van der Waals surface area contributed by atoms with Crippen molar-refractivity contribution in [3.8, 4) is 5.75 Å². The Morgan fingerprint density at radius 2 is 2.03 bits per heavy atom. The van der Waals surface area contributed by atoms with Gasteiger partial charge >= 0.3 is 0 Å². The van der Waals surface area contributed by atoms with Crippen molar-refractivity contribution in [2.45, 2.75) is 26.0 Å². The van der Waals surface area contributed by atoms with E-state index in [2.05, 4.69) is 20.9 Å². The molecule has 0 aromatic heterocycles. The predicted octanol–water partition coefficient (Wildman–Crippen LogP) is 2.61. The molecule has 1 heterocycles. The normalized spacial score (nSPS) is 16.2. The molecular weight excluding hydrogens is 387 g/mol. The molecule has 3 N–H and O–H groups in total. The summed E-state index contributed by atoms with van der Waals surface area (Å²) in [6.45, 7) is 3.86. The third-order valence-electron chi connectivity index (χ3n) is 4.62. The van der Waals surface area contributed by atoms with Gasteiger partial charge in [-0.25, -0.2) is 4.39 Å². The van der Waals surface area contributed by atoms with Gasteiger partial charge in [0.25, 0.3) is 0 Å². The van der Waals surface area contributed by atoms with E-state index in [1.807, 2.05) is 25.1 Å². The van der Waals surface area contributed by atoms with Crippen molar-refractivity contribution in [1.29, 1.82) is 0 Å². The number of halogens is 1. The molecule has 1 amide bonds. The van der Waals surface area contributed by atoms with Crippen molar-refractivity contribution in [3.05, 3.63) is 59.4 Å². The summed E-state index contributed by atoms with van der Waals surface area (Å²) in [5.41, 5.74) is 2.64. The number of carbonyl (C=O) groups is 1. The zero-order chi connectivity index (χ0) is 21.3. The van der Waals surface area contributed by atoms with Crippen LogP contribution in [0.1, 0.15) is 17.5 Å². The Hall–Kier alpha value is -3.13. The van der Waals surface area contributed by atoms with Gasteiger partial charge in [0.2, 0.25) is 5.91 Å². The van der Waals surface area contributed by atoms with Crippen molar-refractivity contribution in [1.82, 2.24) is 10.6 Å². The van der Waals surface area contributed by atoms with Crippen LogP contribution in [0.2, 0.25) is 0 Å². The summed E-state index contributed by atoms with van der Waals surface area (Å²) < 4.78 is 24.4. The van der Waals surface area contributed by atoms with Gasteiger partial charge in [-0.3, -0.25) is 9.79 Å². The summed E-state index contributed by atoms with van der Waals surface area (Å²) >= 11 is 0. The van der Waals surface area contributed by atoms with Crippen LogP contribution in [0.25, 0.3) is 0 Å². The maximum absolute atomic E-state index is 12.9. The topological polar surface area (TPSA) is 84.0 Å². The van der Waals surface area contributed by atoms with Crippen LogP contribution in [0.4, 0.5) is 10.1 Å². The lowest BCUT2D eigenvalue weighted by Gasteiger charge is -2.18. The van der Waals surface area contributed by atoms with E-state index in [9.17, 15) is 9.18 Å². The Morgan fingerprint density at radius 3 is 2.73 bits per heavy atom. The number of aryl methyl sites for hydroxylation is 1. The molecule has 8 heteroatoms. The molecule has 30 heavy (non-hydrogen) atoms. The Labute approximate surface area is 175 Å². The predicted molar refractivity (Wildman–Crippen MR) is 114 cm³/mol. The highest BCUT2D eigenvalue weighted by atomic mass is 19.1. The van der Waals surface area contributed by atoms with Crippen LogP contribution < -0.4 is 20.7 Å². The number of anilines is 1. The van der Waals surface area contributed by atoms with E-state index in [0.717, 1.165) is 29.9 Å². The number of hydrogen-bond acceptors (Lipinski definition) is 4. The lowest BCUT2D eigenvalue weighted by atomic mass is 10.1. The van der Waals surface area contributed by atoms with Crippen molar-refractivity contribution in [3.63, 3.8) is 0 Å². The highest BCUT2D eigenvalue weighted by molar-refractivity contribution is 5.94. The average molecular weight is 414 g/mol. The van der Waals surface area contributed by atoms with Crippen LogP contribution in [-0.4, -0.2) is 44.8 Å². The summed E-state index contributed by atoms with van der Waals surface area (Å²) in [6, 6.07) is 11.7. The van der Waals surface area contributed by atoms with Gasteiger partial charge in [-0.05, 0) is 42.8 Å². The van der Waals surface area contributed by atoms with E-state index in [1.165, 1.54) is 24.3 Å². The maximum Gasteiger partial charge on any atom is 0.243 e. The molecule has 160 valence electrons. The summed E-state index contributed by atoms with van der Waals surface area (Å²) in [5, 5.41) is 8.86. The summed E-state index contributed by atoms with van der Waals surface area (Å²) in [4.78, 5) is 16.2. The second-order valence-electron chi connectivity index (χ2n) is 7.05. The number of aliphatic imine (C=N–C) groups is 1. The molecule has 0 radical (unpaired) electrons. The highest BCUT2D eigenvalue weighted by Gasteiger charge is 2.18. The minimum absolute atomic E-state index is 0.0215. The van der Waals surface area contributed by atoms with E-state index < -0.39 is 0 Å². The minimum Gasteiger partial charge on any atom is -0.488 e. The van der Waals surface area contributed by atoms with Crippen LogP contribution in [-0.2, 0) is 16.1 Å². The number of ether oxygens (including phenoxy) is 2. The van der Waals surface area contributed by atoms with Crippen molar-refractivity contribution >= 4 is 17.6 Å². The standard InChI is InChI=1S/C22H27FN4O3/c1-15-3-4-16(20(11-15)30-19-9-10-29-14-19)12-25-22(24-2)26-13-21(28)27-18-7-5-17(23)6-8-18/h3-8,11,19H,9-10,12-14H2,1-2H3,(H,27,28)(H2,24,25,26). The quantitative estimate of drug-likeness (QED) is 0.479. The van der Waals surface area contributed by atoms with Crippen molar-refractivity contribution < 1.29 is 18.7 Å². The molecule has 1 fully saturated rings. The number of nitrogens with zero attached hydrogens (tertiary/aromatic N) is 1. The van der Waals surface area contributed by atoms with Crippen LogP contribution in [0, 0.1) is 12.7 Å². The van der Waals surface area contributed by atoms with Crippen molar-refractivity contribution in [2.75, 3.05) is 32.1 Å². The van der Waals surface area contributed by atoms with Gasteiger partial charge in [0.15, 0.2) is 5.96 Å². The molecule has 1 unspecified atom stereocenters. The molecule has 3 rings (SSSR count). The highest BCUT2D eigenvalue weighted by Crippen LogP contribution is 2.23. The van der Waals surface area contributed by atoms with Gasteiger partial charge in [-0.15, -0.1) is 0 Å². The smallest absolute Gasteiger partial charge is 0.243 e. The first-order chi connectivity index (χ1) is 14.5. The number of hydrogen-bond donors (Lipinski definition) is 3. The molecule has 1 atom stereocenters. The number of rotatable bonds is 7. The van der Waals surface area contributed by atoms with Crippen LogP contribution in [0.15, 0.2) is 47.5 Å². The molecule has 0 bridgehead atoms. The number of benzene rings is 2. The molecule has 1 aliphatic rings. The first-order valence-corrected chi connectivity index (χ1v) is 9.87. The molecule has 1 aliphatic heterocycles. The number of guanidine groups is 1. The van der Waals surface area contributed by atoms with E-state index >= 15 is 0 Å². The van der Waals surface area contributed by atoms with Crippen LogP contribution >= 0.6 is 0 Å². The van der Waals surface area contributed by atoms with Crippen LogP contribution in [0.3, 0.4) is 0 Å². The van der Waals surface area contributed by atoms with Crippen molar-refractivity contribution in [2.24, 2.45) is 4.99 Å². The fourth-order valence-corrected chi connectivity index (χ4v) is 3.00. The SMILES string of the molecule is CN=C(NCC(=O)Nc1ccc(F)cc1)NCc1ccc(C)cc1OC1CCOC1. The molecular formula is C22H27FN4O3. The molecule has 0 saturated carbocycles. The van der Waals surface area contributed by atoms with Gasteiger partial charge in [0, 0.05) is 31.3 Å². The lowest BCUT2D eigenvalue weighted by molar-refractivity contribution is -0.115. The van der Waals surface area contributed by atoms with E-state index in [4.69, 9.17) is 9.47 Å². The average Bonchev–Trinajstić information content (AvgIpc) is 3.24. The zero-order valence-electron chi connectivity index (χ0n) is 17.2. The zero-order valence-corrected chi connectivity index (χ0v) is 17.2. The fourth-order valence-electron chi connectivity index (χ4n) is 3.00. The second kappa shape index (κ2) is 10.6. The molecule has 0 spiro atoms. The monoisotopic (exact) mass is 414 g/mol. The van der Waals surface area contributed by atoms with Crippen LogP contribution in [0.5, 0.6) is 5.75 Å². The Balaban J connectivity index is 1.51. The van der Waals surface area contributed by atoms with Gasteiger partial charge in [-0.1, -0.05) is 12.1 Å². The number of carbonyl (C=O) groups excluding carboxylic acids is 1. The van der Waals surface area contributed by atoms with Gasteiger partial charge in [0.05, 0.1) is 19.8 Å². The molecule has 2 aromatic rings. The Kier molecular flexibility index (Phi) is 7.62. The fraction of sp³-hybridized carbons (Fsp3) is 0.364. The Bertz CT molecular complexity index is 880. The molecule has 1 saturated heterocycles. The summed E-state index contributed by atoms with van der Waals surface area (Å²) in [7, 11) is 1.63. The number of nitrogens with one attached hydrogen (secondary N) is 3. The summed E-state index contributed by atoms with van der Waals surface area (Å²) in [6.07, 6.45) is 0.950. The van der Waals surface area contributed by atoms with Gasteiger partial charge in [-0.2, -0.15) is 0 Å². The largest absolute Gasteiger partial charge is 0.488 e. The summed E-state index contributed by atoms with van der Waals surface area (Å²) in [5.74, 6) is 0.697.